The molecule has 0 aliphatic carbocycles. The van der Waals surface area contributed by atoms with Gasteiger partial charge in [-0.15, -0.1) is 0 Å². The van der Waals surface area contributed by atoms with Gasteiger partial charge in [-0.05, 0) is 25.0 Å². The lowest BCUT2D eigenvalue weighted by Gasteiger charge is -2.16. The summed E-state index contributed by atoms with van der Waals surface area (Å²) in [7, 11) is 1.61. The summed E-state index contributed by atoms with van der Waals surface area (Å²) in [6.07, 6.45) is 3.38. The van der Waals surface area contributed by atoms with Gasteiger partial charge in [0.2, 0.25) is 5.91 Å². The van der Waals surface area contributed by atoms with Gasteiger partial charge in [-0.3, -0.25) is 4.79 Å². The molecule has 6 nitrogen and oxygen atoms in total. The molecular formula is C17H23N3O3S. The quantitative estimate of drug-likeness (QED) is 0.521. The summed E-state index contributed by atoms with van der Waals surface area (Å²) in [6, 6.07) is 7.82. The Morgan fingerprint density at radius 3 is 3.08 bits per heavy atom. The molecule has 3 atom stereocenters. The van der Waals surface area contributed by atoms with Crippen LogP contribution in [-0.4, -0.2) is 42.1 Å². The molecule has 0 saturated carbocycles. The zero-order valence-electron chi connectivity index (χ0n) is 13.7. The van der Waals surface area contributed by atoms with E-state index in [4.69, 9.17) is 4.74 Å². The largest absolute Gasteiger partial charge is 0.497 e. The molecule has 0 bridgehead atoms. The molecule has 0 radical (unpaired) electrons. The Morgan fingerprint density at radius 1 is 1.38 bits per heavy atom. The number of carbonyl (C=O) groups excluding carboxylic acids is 2. The van der Waals surface area contributed by atoms with Gasteiger partial charge < -0.3 is 20.7 Å². The summed E-state index contributed by atoms with van der Waals surface area (Å²) in [5.41, 5.74) is 0.758. The highest BCUT2D eigenvalue weighted by Gasteiger charge is 2.42. The Bertz CT molecular complexity index is 610. The summed E-state index contributed by atoms with van der Waals surface area (Å²) in [6.45, 7) is 0. The molecule has 0 unspecified atom stereocenters. The number of benzene rings is 1. The van der Waals surface area contributed by atoms with Gasteiger partial charge in [0, 0.05) is 29.2 Å². The van der Waals surface area contributed by atoms with Crippen LogP contribution in [-0.2, 0) is 4.79 Å². The zero-order chi connectivity index (χ0) is 16.9. The monoisotopic (exact) mass is 349 g/mol. The molecule has 3 N–H and O–H groups in total. The molecule has 24 heavy (non-hydrogen) atoms. The van der Waals surface area contributed by atoms with Crippen LogP contribution in [0.1, 0.15) is 25.7 Å². The number of hydrogen-bond donors (Lipinski definition) is 3. The smallest absolute Gasteiger partial charge is 0.315 e. The Morgan fingerprint density at radius 2 is 2.25 bits per heavy atom. The fraction of sp³-hybridized carbons (Fsp3) is 0.529. The molecule has 130 valence electrons. The van der Waals surface area contributed by atoms with Gasteiger partial charge in [0.1, 0.15) is 5.75 Å². The van der Waals surface area contributed by atoms with Gasteiger partial charge >= 0.3 is 6.03 Å². The first-order valence-corrected chi connectivity index (χ1v) is 9.33. The molecule has 1 aromatic carbocycles. The zero-order valence-corrected chi connectivity index (χ0v) is 14.5. The van der Waals surface area contributed by atoms with Gasteiger partial charge in [0.25, 0.3) is 0 Å². The lowest BCUT2D eigenvalue weighted by Crippen LogP contribution is -2.36. The summed E-state index contributed by atoms with van der Waals surface area (Å²) in [4.78, 5) is 23.4. The molecule has 0 spiro atoms. The Hall–Kier alpha value is -1.89. The van der Waals surface area contributed by atoms with E-state index in [0.29, 0.717) is 11.7 Å². The van der Waals surface area contributed by atoms with Crippen molar-refractivity contribution < 1.29 is 14.3 Å². The van der Waals surface area contributed by atoms with E-state index in [1.54, 1.807) is 7.11 Å². The van der Waals surface area contributed by atoms with E-state index in [1.807, 2.05) is 36.0 Å². The molecule has 7 heteroatoms. The maximum absolute atomic E-state index is 12.0. The number of rotatable bonds is 7. The standard InChI is InChI=1S/C17H23N3O3S/c1-23-12-6-4-5-11(9-12)18-15(21)8-3-2-7-14-16-13(10-24-14)19-17(22)20-16/h4-6,9,13-14,16H,2-3,7-8,10H2,1H3,(H,18,21)(H2,19,20,22)/t13-,14-,16+/m0/s1. The molecule has 1 aromatic rings. The minimum Gasteiger partial charge on any atom is -0.497 e. The predicted octanol–water partition coefficient (Wildman–Crippen LogP) is 2.36. The van der Waals surface area contributed by atoms with Gasteiger partial charge in [-0.1, -0.05) is 12.5 Å². The third kappa shape index (κ3) is 4.14. The first-order valence-electron chi connectivity index (χ1n) is 8.28. The second-order valence-corrected chi connectivity index (χ2v) is 7.42. The van der Waals surface area contributed by atoms with Crippen molar-refractivity contribution in [3.63, 3.8) is 0 Å². The van der Waals surface area contributed by atoms with E-state index in [2.05, 4.69) is 16.0 Å². The molecular weight excluding hydrogens is 326 g/mol. The van der Waals surface area contributed by atoms with Crippen LogP contribution in [0, 0.1) is 0 Å². The number of methoxy groups -OCH3 is 1. The van der Waals surface area contributed by atoms with Gasteiger partial charge in [-0.25, -0.2) is 4.79 Å². The maximum Gasteiger partial charge on any atom is 0.315 e. The molecule has 2 fully saturated rings. The van der Waals surface area contributed by atoms with Crippen LogP contribution in [0.2, 0.25) is 0 Å². The summed E-state index contributed by atoms with van der Waals surface area (Å²) < 4.78 is 5.15. The predicted molar refractivity (Wildman–Crippen MR) is 95.6 cm³/mol. The normalized spacial score (nSPS) is 24.9. The fourth-order valence-electron chi connectivity index (χ4n) is 3.20. The Labute approximate surface area is 146 Å². The summed E-state index contributed by atoms with van der Waals surface area (Å²) in [5.74, 6) is 1.73. The number of carbonyl (C=O) groups is 2. The number of urea groups is 1. The molecule has 0 aromatic heterocycles. The molecule has 3 rings (SSSR count). The van der Waals surface area contributed by atoms with Crippen molar-refractivity contribution >= 4 is 29.4 Å². The molecule has 2 heterocycles. The molecule has 2 aliphatic rings. The van der Waals surface area contributed by atoms with E-state index < -0.39 is 0 Å². The molecule has 2 aliphatic heterocycles. The van der Waals surface area contributed by atoms with Crippen LogP contribution in [0.15, 0.2) is 24.3 Å². The third-order valence-electron chi connectivity index (χ3n) is 4.43. The summed E-state index contributed by atoms with van der Waals surface area (Å²) in [5, 5.41) is 9.29. The van der Waals surface area contributed by atoms with Crippen LogP contribution in [0.4, 0.5) is 10.5 Å². The fourth-order valence-corrected chi connectivity index (χ4v) is 4.74. The second kappa shape index (κ2) is 7.79. The van der Waals surface area contributed by atoms with Crippen molar-refractivity contribution in [1.29, 1.82) is 0 Å². The molecule has 3 amide bonds. The highest BCUT2D eigenvalue weighted by molar-refractivity contribution is 8.00. The molecule has 2 saturated heterocycles. The van der Waals surface area contributed by atoms with Crippen LogP contribution in [0.3, 0.4) is 0 Å². The third-order valence-corrected chi connectivity index (χ3v) is 5.94. The van der Waals surface area contributed by atoms with Crippen molar-refractivity contribution in [2.45, 2.75) is 43.0 Å². The first-order chi connectivity index (χ1) is 11.7. The average molecular weight is 349 g/mol. The van der Waals surface area contributed by atoms with Crippen molar-refractivity contribution in [2.24, 2.45) is 0 Å². The van der Waals surface area contributed by atoms with Crippen molar-refractivity contribution in [2.75, 3.05) is 18.2 Å². The van der Waals surface area contributed by atoms with Gasteiger partial charge in [0.05, 0.1) is 19.2 Å². The van der Waals surface area contributed by atoms with Gasteiger partial charge in [-0.2, -0.15) is 11.8 Å². The SMILES string of the molecule is COc1cccc(NC(=O)CCCC[C@@H]2SC[C@@H]3NC(=O)N[C@H]32)c1. The van der Waals surface area contributed by atoms with Crippen LogP contribution in [0.25, 0.3) is 0 Å². The van der Waals surface area contributed by atoms with E-state index >= 15 is 0 Å². The van der Waals surface area contributed by atoms with Gasteiger partial charge in [0.15, 0.2) is 0 Å². The number of ether oxygens (including phenoxy) is 1. The first kappa shape index (κ1) is 17.0. The number of nitrogens with one attached hydrogen (secondary N) is 3. The van der Waals surface area contributed by atoms with E-state index in [0.717, 1.165) is 36.5 Å². The Balaban J connectivity index is 1.36. The summed E-state index contributed by atoms with van der Waals surface area (Å²) >= 11 is 1.91. The highest BCUT2D eigenvalue weighted by atomic mass is 32.2. The number of fused-ring (bicyclic) bond motifs is 1. The lowest BCUT2D eigenvalue weighted by atomic mass is 10.0. The van der Waals surface area contributed by atoms with E-state index in [-0.39, 0.29) is 24.0 Å². The second-order valence-electron chi connectivity index (χ2n) is 6.15. The van der Waals surface area contributed by atoms with Crippen molar-refractivity contribution in [3.05, 3.63) is 24.3 Å². The lowest BCUT2D eigenvalue weighted by molar-refractivity contribution is -0.116. The minimum atomic E-state index is -0.0482. The van der Waals surface area contributed by atoms with Crippen LogP contribution < -0.4 is 20.7 Å². The highest BCUT2D eigenvalue weighted by Crippen LogP contribution is 2.33. The number of amides is 3. The Kier molecular flexibility index (Phi) is 5.50. The number of anilines is 1. The van der Waals surface area contributed by atoms with E-state index in [1.165, 1.54) is 0 Å². The minimum absolute atomic E-state index is 0.0241. The number of thioether (sulfide) groups is 1. The van der Waals surface area contributed by atoms with Crippen LogP contribution in [0.5, 0.6) is 5.75 Å². The number of unbranched alkanes of at least 4 members (excludes halogenated alkanes) is 1. The maximum atomic E-state index is 12.0. The van der Waals surface area contributed by atoms with E-state index in [9.17, 15) is 9.59 Å². The van der Waals surface area contributed by atoms with Crippen molar-refractivity contribution in [3.8, 4) is 5.75 Å². The van der Waals surface area contributed by atoms with Crippen LogP contribution >= 0.6 is 11.8 Å². The van der Waals surface area contributed by atoms with Crippen molar-refractivity contribution in [1.82, 2.24) is 10.6 Å². The average Bonchev–Trinajstić information content (AvgIpc) is 3.11. The number of hydrogen-bond acceptors (Lipinski definition) is 4. The topological polar surface area (TPSA) is 79.5 Å².